The highest BCUT2D eigenvalue weighted by Crippen LogP contribution is 2.16. The molecule has 0 aliphatic rings. The van der Waals surface area contributed by atoms with Crippen LogP contribution < -0.4 is 11.1 Å². The van der Waals surface area contributed by atoms with Crippen LogP contribution in [0.5, 0.6) is 0 Å². The summed E-state index contributed by atoms with van der Waals surface area (Å²) in [4.78, 5) is 15.1. The highest BCUT2D eigenvalue weighted by atomic mass is 19.1. The van der Waals surface area contributed by atoms with Gasteiger partial charge in [-0.3, -0.25) is 9.78 Å². The van der Waals surface area contributed by atoms with Gasteiger partial charge in [-0.1, -0.05) is 0 Å². The molecule has 0 spiro atoms. The number of carbonyl (C=O) groups is 1. The van der Waals surface area contributed by atoms with Crippen molar-refractivity contribution in [2.75, 3.05) is 5.32 Å². The number of hydrogen-bond acceptors (Lipinski definition) is 3. The van der Waals surface area contributed by atoms with E-state index in [9.17, 15) is 9.18 Å². The van der Waals surface area contributed by atoms with E-state index in [2.05, 4.69) is 10.3 Å². The molecule has 2 aromatic rings. The van der Waals surface area contributed by atoms with Crippen LogP contribution in [0.1, 0.15) is 21.5 Å². The molecule has 5 heteroatoms. The van der Waals surface area contributed by atoms with Crippen molar-refractivity contribution in [3.05, 3.63) is 59.2 Å². The first kappa shape index (κ1) is 13.0. The van der Waals surface area contributed by atoms with Gasteiger partial charge in [0.15, 0.2) is 0 Å². The zero-order valence-corrected chi connectivity index (χ0v) is 10.5. The maximum absolute atomic E-state index is 13.3. The Labute approximate surface area is 110 Å². The van der Waals surface area contributed by atoms with Gasteiger partial charge in [-0.05, 0) is 42.3 Å². The first-order chi connectivity index (χ1) is 9.08. The van der Waals surface area contributed by atoms with Crippen LogP contribution in [0.4, 0.5) is 10.1 Å². The molecule has 0 saturated heterocycles. The Balaban J connectivity index is 2.14. The van der Waals surface area contributed by atoms with Crippen molar-refractivity contribution in [1.29, 1.82) is 0 Å². The fourth-order valence-electron chi connectivity index (χ4n) is 1.70. The van der Waals surface area contributed by atoms with Crippen LogP contribution in [0.15, 0.2) is 36.7 Å². The number of carbonyl (C=O) groups excluding carboxylic acids is 1. The first-order valence-corrected chi connectivity index (χ1v) is 5.80. The molecule has 0 unspecified atom stereocenters. The van der Waals surface area contributed by atoms with Gasteiger partial charge in [0.1, 0.15) is 5.82 Å². The largest absolute Gasteiger partial charge is 0.381 e. The lowest BCUT2D eigenvalue weighted by molar-refractivity contribution is 0.0996. The van der Waals surface area contributed by atoms with E-state index in [0.29, 0.717) is 12.2 Å². The lowest BCUT2D eigenvalue weighted by atomic mass is 10.1. The molecule has 1 aromatic carbocycles. The predicted molar refractivity (Wildman–Crippen MR) is 71.2 cm³/mol. The summed E-state index contributed by atoms with van der Waals surface area (Å²) in [6, 6.07) is 6.10. The Morgan fingerprint density at radius 2 is 2.21 bits per heavy atom. The van der Waals surface area contributed by atoms with Crippen LogP contribution in [-0.2, 0) is 6.54 Å². The summed E-state index contributed by atoms with van der Waals surface area (Å²) in [5, 5.41) is 3.11. The fourth-order valence-corrected chi connectivity index (χ4v) is 1.70. The number of amides is 1. The molecule has 0 saturated carbocycles. The number of nitrogens with two attached hydrogens (primary N) is 1. The molecular weight excluding hydrogens is 245 g/mol. The van der Waals surface area contributed by atoms with E-state index < -0.39 is 11.7 Å². The third-order valence-corrected chi connectivity index (χ3v) is 2.86. The summed E-state index contributed by atoms with van der Waals surface area (Å²) < 4.78 is 13.3. The number of primary amides is 1. The summed E-state index contributed by atoms with van der Waals surface area (Å²) in [6.45, 7) is 2.53. The van der Waals surface area contributed by atoms with Crippen molar-refractivity contribution in [2.45, 2.75) is 13.5 Å². The van der Waals surface area contributed by atoms with Crippen LogP contribution in [0.25, 0.3) is 0 Å². The van der Waals surface area contributed by atoms with Crippen molar-refractivity contribution >= 4 is 11.6 Å². The van der Waals surface area contributed by atoms with Gasteiger partial charge < -0.3 is 11.1 Å². The van der Waals surface area contributed by atoms with Crippen LogP contribution >= 0.6 is 0 Å². The minimum atomic E-state index is -0.779. The molecule has 2 rings (SSSR count). The van der Waals surface area contributed by atoms with Crippen molar-refractivity contribution in [3.8, 4) is 0 Å². The van der Waals surface area contributed by atoms with Gasteiger partial charge >= 0.3 is 0 Å². The van der Waals surface area contributed by atoms with Gasteiger partial charge in [0.05, 0.1) is 5.56 Å². The molecule has 0 radical (unpaired) electrons. The van der Waals surface area contributed by atoms with Gasteiger partial charge in [-0.15, -0.1) is 0 Å². The van der Waals surface area contributed by atoms with Crippen molar-refractivity contribution in [2.24, 2.45) is 5.73 Å². The molecule has 3 N–H and O–H groups in total. The van der Waals surface area contributed by atoms with Gasteiger partial charge in [0, 0.05) is 24.6 Å². The Morgan fingerprint density at radius 1 is 1.42 bits per heavy atom. The average molecular weight is 259 g/mol. The summed E-state index contributed by atoms with van der Waals surface area (Å²) in [7, 11) is 0. The van der Waals surface area contributed by atoms with Crippen molar-refractivity contribution < 1.29 is 9.18 Å². The predicted octanol–water partition coefficient (Wildman–Crippen LogP) is 2.24. The Kier molecular flexibility index (Phi) is 3.75. The minimum Gasteiger partial charge on any atom is -0.381 e. The molecule has 0 aliphatic carbocycles. The second-order valence-electron chi connectivity index (χ2n) is 4.21. The third-order valence-electron chi connectivity index (χ3n) is 2.86. The van der Waals surface area contributed by atoms with Gasteiger partial charge in [0.2, 0.25) is 0 Å². The van der Waals surface area contributed by atoms with E-state index in [1.54, 1.807) is 18.5 Å². The molecule has 0 aliphatic heterocycles. The maximum atomic E-state index is 13.3. The number of rotatable bonds is 4. The zero-order valence-electron chi connectivity index (χ0n) is 10.5. The quantitative estimate of drug-likeness (QED) is 0.884. The number of aryl methyl sites for hydroxylation is 1. The Bertz CT molecular complexity index is 613. The monoisotopic (exact) mass is 259 g/mol. The highest BCUT2D eigenvalue weighted by Gasteiger charge is 2.08. The molecule has 1 aromatic heterocycles. The lowest BCUT2D eigenvalue weighted by Crippen LogP contribution is -2.13. The van der Waals surface area contributed by atoms with Crippen LogP contribution in [0.2, 0.25) is 0 Å². The molecule has 0 fully saturated rings. The number of halogens is 1. The van der Waals surface area contributed by atoms with Crippen molar-refractivity contribution in [1.82, 2.24) is 4.98 Å². The number of anilines is 1. The normalized spacial score (nSPS) is 10.2. The molecule has 4 nitrogen and oxygen atoms in total. The fraction of sp³-hybridized carbons (Fsp3) is 0.143. The standard InChI is InChI=1S/C14H14FN3O/c1-9-4-5-17-7-10(9)8-18-11-2-3-13(15)12(6-11)14(16)19/h2-7,18H,8H2,1H3,(H2,16,19). The summed E-state index contributed by atoms with van der Waals surface area (Å²) in [6.07, 6.45) is 3.49. The van der Waals surface area contributed by atoms with E-state index in [0.717, 1.165) is 11.1 Å². The molecule has 0 bridgehead atoms. The number of aromatic nitrogens is 1. The lowest BCUT2D eigenvalue weighted by Gasteiger charge is -2.09. The second-order valence-corrected chi connectivity index (χ2v) is 4.21. The molecular formula is C14H14FN3O. The average Bonchev–Trinajstić information content (AvgIpc) is 2.39. The van der Waals surface area contributed by atoms with Crippen LogP contribution in [0.3, 0.4) is 0 Å². The summed E-state index contributed by atoms with van der Waals surface area (Å²) in [5.41, 5.74) is 7.76. The van der Waals surface area contributed by atoms with E-state index in [1.807, 2.05) is 13.0 Å². The number of nitrogens with one attached hydrogen (secondary N) is 1. The van der Waals surface area contributed by atoms with Crippen molar-refractivity contribution in [3.63, 3.8) is 0 Å². The van der Waals surface area contributed by atoms with Gasteiger partial charge in [-0.2, -0.15) is 0 Å². The SMILES string of the molecule is Cc1ccncc1CNc1ccc(F)c(C(N)=O)c1. The Morgan fingerprint density at radius 3 is 2.89 bits per heavy atom. The smallest absolute Gasteiger partial charge is 0.251 e. The maximum Gasteiger partial charge on any atom is 0.251 e. The molecule has 0 atom stereocenters. The molecule has 1 heterocycles. The molecule has 19 heavy (non-hydrogen) atoms. The topological polar surface area (TPSA) is 68.0 Å². The van der Waals surface area contributed by atoms with E-state index in [1.165, 1.54) is 12.1 Å². The summed E-state index contributed by atoms with van der Waals surface area (Å²) >= 11 is 0. The van der Waals surface area contributed by atoms with Gasteiger partial charge in [-0.25, -0.2) is 4.39 Å². The minimum absolute atomic E-state index is 0.118. The molecule has 98 valence electrons. The summed E-state index contributed by atoms with van der Waals surface area (Å²) in [5.74, 6) is -1.39. The number of nitrogens with zero attached hydrogens (tertiary/aromatic N) is 1. The van der Waals surface area contributed by atoms with E-state index >= 15 is 0 Å². The number of hydrogen-bond donors (Lipinski definition) is 2. The van der Waals surface area contributed by atoms with Crippen LogP contribution in [-0.4, -0.2) is 10.9 Å². The second kappa shape index (κ2) is 5.48. The van der Waals surface area contributed by atoms with E-state index in [-0.39, 0.29) is 5.56 Å². The highest BCUT2D eigenvalue weighted by molar-refractivity contribution is 5.94. The third kappa shape index (κ3) is 3.07. The zero-order chi connectivity index (χ0) is 13.8. The molecule has 1 amide bonds. The van der Waals surface area contributed by atoms with Crippen LogP contribution in [0, 0.1) is 12.7 Å². The first-order valence-electron chi connectivity index (χ1n) is 5.80. The van der Waals surface area contributed by atoms with Gasteiger partial charge in [0.25, 0.3) is 5.91 Å². The number of benzene rings is 1. The Hall–Kier alpha value is -2.43. The van der Waals surface area contributed by atoms with E-state index in [4.69, 9.17) is 5.73 Å². The number of pyridine rings is 1.